The molecule has 1 saturated heterocycles. The predicted octanol–water partition coefficient (Wildman–Crippen LogP) is 4.73. The Morgan fingerprint density at radius 1 is 1.15 bits per heavy atom. The molecule has 1 aliphatic rings. The molecule has 0 saturated carbocycles. The minimum absolute atomic E-state index is 0.0386. The van der Waals surface area contributed by atoms with E-state index in [1.54, 1.807) is 17.2 Å². The molecule has 33 heavy (non-hydrogen) atoms. The van der Waals surface area contributed by atoms with Crippen molar-refractivity contribution in [3.63, 3.8) is 0 Å². The maximum absolute atomic E-state index is 13.0. The van der Waals surface area contributed by atoms with Crippen LogP contribution in [0.5, 0.6) is 0 Å². The van der Waals surface area contributed by atoms with Crippen molar-refractivity contribution in [3.05, 3.63) is 52.1 Å². The number of esters is 1. The lowest BCUT2D eigenvalue weighted by molar-refractivity contribution is -0.147. The molecule has 0 unspecified atom stereocenters. The van der Waals surface area contributed by atoms with Crippen molar-refractivity contribution >= 4 is 46.6 Å². The number of halogens is 2. The van der Waals surface area contributed by atoms with E-state index < -0.39 is 5.97 Å². The van der Waals surface area contributed by atoms with E-state index in [1.165, 1.54) is 7.11 Å². The first kappa shape index (κ1) is 25.1. The quantitative estimate of drug-likeness (QED) is 0.479. The van der Waals surface area contributed by atoms with Crippen LogP contribution in [0, 0.1) is 5.41 Å². The third-order valence-corrected chi connectivity index (χ3v) is 6.10. The number of piperazine rings is 1. The van der Waals surface area contributed by atoms with Gasteiger partial charge in [-0.1, -0.05) is 56.1 Å². The van der Waals surface area contributed by atoms with Gasteiger partial charge in [-0.05, 0) is 35.6 Å². The van der Waals surface area contributed by atoms with Crippen LogP contribution in [0.4, 0.5) is 11.5 Å². The molecule has 0 aliphatic carbocycles. The minimum Gasteiger partial charge on any atom is -0.469 e. The summed E-state index contributed by atoms with van der Waals surface area (Å²) in [5.74, 6) is -0.202. The smallest absolute Gasteiger partial charge is 0.315 e. The molecule has 2 N–H and O–H groups in total. The Hall–Kier alpha value is -2.51. The SMILES string of the molecule is COC(=O)CC(=O)N1C[C@H](CC(C)(C)C)N(c2ncc(Cl)cc2N)[C@H](c2ccc(Cl)cc2)C1. The highest BCUT2D eigenvalue weighted by Gasteiger charge is 2.40. The summed E-state index contributed by atoms with van der Waals surface area (Å²) in [5.41, 5.74) is 7.76. The Labute approximate surface area is 204 Å². The van der Waals surface area contributed by atoms with Gasteiger partial charge in [0.25, 0.3) is 0 Å². The van der Waals surface area contributed by atoms with Crippen LogP contribution in [0.15, 0.2) is 36.5 Å². The molecule has 1 fully saturated rings. The topological polar surface area (TPSA) is 88.8 Å². The van der Waals surface area contributed by atoms with Gasteiger partial charge >= 0.3 is 5.97 Å². The Balaban J connectivity index is 2.09. The van der Waals surface area contributed by atoms with Crippen molar-refractivity contribution in [1.82, 2.24) is 9.88 Å². The van der Waals surface area contributed by atoms with Gasteiger partial charge in [-0.2, -0.15) is 0 Å². The normalized spacial score (nSPS) is 18.8. The van der Waals surface area contributed by atoms with E-state index in [-0.39, 0.29) is 29.8 Å². The van der Waals surface area contributed by atoms with E-state index >= 15 is 0 Å². The highest BCUT2D eigenvalue weighted by Crippen LogP contribution is 2.40. The van der Waals surface area contributed by atoms with Crippen molar-refractivity contribution in [2.75, 3.05) is 30.8 Å². The Morgan fingerprint density at radius 2 is 1.82 bits per heavy atom. The van der Waals surface area contributed by atoms with Gasteiger partial charge in [0, 0.05) is 30.4 Å². The van der Waals surface area contributed by atoms with Crippen molar-refractivity contribution < 1.29 is 14.3 Å². The van der Waals surface area contributed by atoms with Crippen LogP contribution in [-0.2, 0) is 14.3 Å². The largest absolute Gasteiger partial charge is 0.469 e. The summed E-state index contributed by atoms with van der Waals surface area (Å²) in [6, 6.07) is 8.86. The van der Waals surface area contributed by atoms with Crippen molar-refractivity contribution in [1.29, 1.82) is 0 Å². The minimum atomic E-state index is -0.554. The first-order chi connectivity index (χ1) is 15.5. The van der Waals surface area contributed by atoms with Gasteiger partial charge in [0.1, 0.15) is 6.42 Å². The van der Waals surface area contributed by atoms with Crippen LogP contribution in [0.1, 0.15) is 45.2 Å². The van der Waals surface area contributed by atoms with Gasteiger partial charge < -0.3 is 20.3 Å². The van der Waals surface area contributed by atoms with Crippen LogP contribution in [-0.4, -0.2) is 48.0 Å². The van der Waals surface area contributed by atoms with Gasteiger partial charge in [0.05, 0.1) is 23.9 Å². The molecule has 2 atom stereocenters. The van der Waals surface area contributed by atoms with Crippen LogP contribution in [0.2, 0.25) is 10.0 Å². The third kappa shape index (κ3) is 6.30. The van der Waals surface area contributed by atoms with E-state index in [4.69, 9.17) is 33.7 Å². The Kier molecular flexibility index (Phi) is 7.75. The highest BCUT2D eigenvalue weighted by molar-refractivity contribution is 6.31. The molecule has 2 aromatic rings. The maximum atomic E-state index is 13.0. The van der Waals surface area contributed by atoms with E-state index in [9.17, 15) is 9.59 Å². The zero-order valence-corrected chi connectivity index (χ0v) is 20.9. The van der Waals surface area contributed by atoms with Crippen molar-refractivity contribution in [2.24, 2.45) is 5.41 Å². The monoisotopic (exact) mass is 492 g/mol. The number of hydrogen-bond acceptors (Lipinski definition) is 6. The molecular weight excluding hydrogens is 463 g/mol. The molecule has 7 nitrogen and oxygen atoms in total. The summed E-state index contributed by atoms with van der Waals surface area (Å²) in [6.45, 7) is 7.24. The van der Waals surface area contributed by atoms with Crippen LogP contribution >= 0.6 is 23.2 Å². The van der Waals surface area contributed by atoms with E-state index in [0.717, 1.165) is 12.0 Å². The Bertz CT molecular complexity index is 1010. The first-order valence-corrected chi connectivity index (χ1v) is 11.5. The number of nitrogens with zero attached hydrogens (tertiary/aromatic N) is 3. The number of nitrogens with two attached hydrogens (primary N) is 1. The summed E-state index contributed by atoms with van der Waals surface area (Å²) in [4.78, 5) is 33.3. The predicted molar refractivity (Wildman–Crippen MR) is 131 cm³/mol. The number of rotatable bonds is 5. The number of nitrogen functional groups attached to an aromatic ring is 1. The number of anilines is 2. The number of aromatic nitrogens is 1. The lowest BCUT2D eigenvalue weighted by atomic mass is 9.85. The van der Waals surface area contributed by atoms with E-state index in [1.807, 2.05) is 24.3 Å². The maximum Gasteiger partial charge on any atom is 0.315 e. The van der Waals surface area contributed by atoms with Crippen molar-refractivity contribution in [3.8, 4) is 0 Å². The summed E-state index contributed by atoms with van der Waals surface area (Å²) in [7, 11) is 1.28. The molecular formula is C24H30Cl2N4O3. The fourth-order valence-electron chi connectivity index (χ4n) is 4.28. The second-order valence-corrected chi connectivity index (χ2v) is 10.4. The number of pyridine rings is 1. The number of amides is 1. The molecule has 0 radical (unpaired) electrons. The number of ether oxygens (including phenoxy) is 1. The third-order valence-electron chi connectivity index (χ3n) is 5.64. The van der Waals surface area contributed by atoms with Gasteiger partial charge in [-0.25, -0.2) is 4.98 Å². The molecule has 0 bridgehead atoms. The van der Waals surface area contributed by atoms with Crippen molar-refractivity contribution in [2.45, 2.75) is 45.7 Å². The second-order valence-electron chi connectivity index (χ2n) is 9.51. The van der Waals surface area contributed by atoms with Gasteiger partial charge in [-0.15, -0.1) is 0 Å². The van der Waals surface area contributed by atoms with Gasteiger partial charge in [0.15, 0.2) is 5.82 Å². The molecule has 0 spiro atoms. The molecule has 9 heteroatoms. The summed E-state index contributed by atoms with van der Waals surface area (Å²) < 4.78 is 4.71. The number of hydrogen-bond donors (Lipinski definition) is 1. The standard InChI is InChI=1S/C24H30Cl2N4O3/c1-24(2,3)11-18-13-29(21(31)10-22(32)33-4)14-20(15-5-7-16(25)8-6-15)30(18)23-19(27)9-17(26)12-28-23/h5-9,12,18,20H,10-11,13-14,27H2,1-4H3/t18-,20-/m0/s1. The number of carbonyl (C=O) groups excluding carboxylic acids is 2. The fourth-order valence-corrected chi connectivity index (χ4v) is 4.58. The zero-order chi connectivity index (χ0) is 24.3. The molecule has 1 amide bonds. The average Bonchev–Trinajstić information content (AvgIpc) is 2.73. The second kappa shape index (κ2) is 10.2. The highest BCUT2D eigenvalue weighted by atomic mass is 35.5. The molecule has 2 heterocycles. The molecule has 1 aromatic carbocycles. The zero-order valence-electron chi connectivity index (χ0n) is 19.3. The Morgan fingerprint density at radius 3 is 2.39 bits per heavy atom. The fraction of sp³-hybridized carbons (Fsp3) is 0.458. The van der Waals surface area contributed by atoms with Crippen LogP contribution in [0.25, 0.3) is 0 Å². The molecule has 3 rings (SSSR count). The van der Waals surface area contributed by atoms with Gasteiger partial charge in [0.2, 0.25) is 5.91 Å². The number of benzene rings is 1. The average molecular weight is 493 g/mol. The van der Waals surface area contributed by atoms with Crippen LogP contribution < -0.4 is 10.6 Å². The summed E-state index contributed by atoms with van der Waals surface area (Å²) in [5, 5.41) is 1.08. The first-order valence-electron chi connectivity index (χ1n) is 10.8. The molecule has 178 valence electrons. The summed E-state index contributed by atoms with van der Waals surface area (Å²) >= 11 is 12.3. The lowest BCUT2D eigenvalue weighted by Gasteiger charge is -2.49. The van der Waals surface area contributed by atoms with E-state index in [0.29, 0.717) is 34.6 Å². The molecule has 1 aromatic heterocycles. The lowest BCUT2D eigenvalue weighted by Crippen LogP contribution is -2.57. The molecule has 1 aliphatic heterocycles. The number of carbonyl (C=O) groups is 2. The van der Waals surface area contributed by atoms with Crippen LogP contribution in [0.3, 0.4) is 0 Å². The van der Waals surface area contributed by atoms with E-state index in [2.05, 4.69) is 30.7 Å². The van der Waals surface area contributed by atoms with Gasteiger partial charge in [-0.3, -0.25) is 9.59 Å². The number of methoxy groups -OCH3 is 1. The summed E-state index contributed by atoms with van der Waals surface area (Å²) in [6.07, 6.45) is 2.05.